The number of allylic oxidation sites excluding steroid dienone is 1. The molecule has 3 aromatic rings. The lowest BCUT2D eigenvalue weighted by atomic mass is 10.2. The van der Waals surface area contributed by atoms with E-state index in [4.69, 9.17) is 0 Å². The van der Waals surface area contributed by atoms with Gasteiger partial charge in [-0.2, -0.15) is 0 Å². The van der Waals surface area contributed by atoms with E-state index in [9.17, 15) is 4.79 Å². The van der Waals surface area contributed by atoms with Crippen molar-refractivity contribution in [2.75, 3.05) is 18.1 Å². The zero-order chi connectivity index (χ0) is 19.6. The van der Waals surface area contributed by atoms with Crippen LogP contribution in [0.5, 0.6) is 0 Å². The number of hydrogen-bond acceptors (Lipinski definition) is 6. The highest BCUT2D eigenvalue weighted by Gasteiger charge is 2.14. The standard InChI is InChI=1S/C20H21N5OS2/c1-2-13-25-19(16-8-10-21-11-9-16)23-24-20(25)28-15-18(26)22-12-14-27-17-6-4-3-5-7-17/h2-11H,1,12-15H2,(H,22,26). The predicted molar refractivity (Wildman–Crippen MR) is 114 cm³/mol. The van der Waals surface area contributed by atoms with Crippen LogP contribution in [0.3, 0.4) is 0 Å². The van der Waals surface area contributed by atoms with E-state index < -0.39 is 0 Å². The molecule has 0 bridgehead atoms. The topological polar surface area (TPSA) is 72.7 Å². The number of amides is 1. The first kappa shape index (κ1) is 20.2. The number of aromatic nitrogens is 4. The third-order valence-corrected chi connectivity index (χ3v) is 5.72. The molecule has 1 N–H and O–H groups in total. The third kappa shape index (κ3) is 5.71. The summed E-state index contributed by atoms with van der Waals surface area (Å²) in [5.74, 6) is 1.85. The minimum atomic E-state index is -0.0164. The lowest BCUT2D eigenvalue weighted by Gasteiger charge is -2.08. The Labute approximate surface area is 172 Å². The number of carbonyl (C=O) groups is 1. The summed E-state index contributed by atoms with van der Waals surface area (Å²) in [6.45, 7) is 5.00. The predicted octanol–water partition coefficient (Wildman–Crippen LogP) is 3.53. The van der Waals surface area contributed by atoms with E-state index in [0.717, 1.165) is 17.1 Å². The van der Waals surface area contributed by atoms with E-state index in [1.807, 2.05) is 34.9 Å². The second-order valence-corrected chi connectivity index (χ2v) is 7.85. The number of thioether (sulfide) groups is 2. The van der Waals surface area contributed by atoms with Crippen LogP contribution in [0.4, 0.5) is 0 Å². The molecule has 0 fully saturated rings. The third-order valence-electron chi connectivity index (χ3n) is 3.74. The van der Waals surface area contributed by atoms with Crippen molar-refractivity contribution in [2.45, 2.75) is 16.6 Å². The molecular weight excluding hydrogens is 390 g/mol. The molecule has 0 atom stereocenters. The summed E-state index contributed by atoms with van der Waals surface area (Å²) >= 11 is 3.09. The lowest BCUT2D eigenvalue weighted by Crippen LogP contribution is -2.27. The largest absolute Gasteiger partial charge is 0.355 e. The molecule has 28 heavy (non-hydrogen) atoms. The van der Waals surface area contributed by atoms with Crippen LogP contribution in [-0.4, -0.2) is 43.7 Å². The van der Waals surface area contributed by atoms with Crippen molar-refractivity contribution in [3.8, 4) is 11.4 Å². The van der Waals surface area contributed by atoms with Crippen molar-refractivity contribution in [3.63, 3.8) is 0 Å². The van der Waals surface area contributed by atoms with Gasteiger partial charge in [-0.05, 0) is 24.3 Å². The number of rotatable bonds is 10. The van der Waals surface area contributed by atoms with Crippen molar-refractivity contribution in [1.82, 2.24) is 25.1 Å². The summed E-state index contributed by atoms with van der Waals surface area (Å²) in [6.07, 6.45) is 5.23. The maximum atomic E-state index is 12.1. The molecule has 0 spiro atoms. The minimum Gasteiger partial charge on any atom is -0.355 e. The van der Waals surface area contributed by atoms with Gasteiger partial charge in [0.1, 0.15) is 0 Å². The number of nitrogens with one attached hydrogen (secondary N) is 1. The van der Waals surface area contributed by atoms with Crippen molar-refractivity contribution in [1.29, 1.82) is 0 Å². The molecule has 2 aromatic heterocycles. The molecule has 0 saturated heterocycles. The Bertz CT molecular complexity index is 899. The smallest absolute Gasteiger partial charge is 0.230 e. The van der Waals surface area contributed by atoms with Crippen LogP contribution in [0.15, 0.2) is 77.6 Å². The first-order valence-electron chi connectivity index (χ1n) is 8.80. The minimum absolute atomic E-state index is 0.0164. The van der Waals surface area contributed by atoms with E-state index >= 15 is 0 Å². The number of nitrogens with zero attached hydrogens (tertiary/aromatic N) is 4. The zero-order valence-corrected chi connectivity index (χ0v) is 17.0. The molecule has 6 nitrogen and oxygen atoms in total. The Kier molecular flexibility index (Phi) is 7.69. The molecule has 0 radical (unpaired) electrons. The summed E-state index contributed by atoms with van der Waals surface area (Å²) in [5.41, 5.74) is 0.929. The molecule has 3 rings (SSSR count). The number of benzene rings is 1. The van der Waals surface area contributed by atoms with Gasteiger partial charge in [0.15, 0.2) is 11.0 Å². The molecule has 2 heterocycles. The SMILES string of the molecule is C=CCn1c(SCC(=O)NCCSc2ccccc2)nnc1-c1ccncc1. The number of pyridine rings is 1. The Morgan fingerprint density at radius 2 is 1.89 bits per heavy atom. The average Bonchev–Trinajstić information content (AvgIpc) is 3.14. The highest BCUT2D eigenvalue weighted by atomic mass is 32.2. The van der Waals surface area contributed by atoms with Gasteiger partial charge >= 0.3 is 0 Å². The summed E-state index contributed by atoms with van der Waals surface area (Å²) < 4.78 is 1.95. The Morgan fingerprint density at radius 1 is 1.11 bits per heavy atom. The van der Waals surface area contributed by atoms with Crippen LogP contribution in [0.2, 0.25) is 0 Å². The van der Waals surface area contributed by atoms with Gasteiger partial charge in [0, 0.05) is 41.7 Å². The second-order valence-electron chi connectivity index (χ2n) is 5.74. The molecule has 0 aliphatic carbocycles. The monoisotopic (exact) mass is 411 g/mol. The van der Waals surface area contributed by atoms with Crippen LogP contribution in [0.1, 0.15) is 0 Å². The van der Waals surface area contributed by atoms with Gasteiger partial charge in [0.2, 0.25) is 5.91 Å². The first-order chi connectivity index (χ1) is 13.8. The normalized spacial score (nSPS) is 10.6. The van der Waals surface area contributed by atoms with E-state index in [2.05, 4.69) is 39.2 Å². The molecule has 0 aliphatic rings. The van der Waals surface area contributed by atoms with Gasteiger partial charge in [-0.1, -0.05) is 36.0 Å². The van der Waals surface area contributed by atoms with Crippen LogP contribution < -0.4 is 5.32 Å². The lowest BCUT2D eigenvalue weighted by molar-refractivity contribution is -0.118. The zero-order valence-electron chi connectivity index (χ0n) is 15.3. The van der Waals surface area contributed by atoms with Gasteiger partial charge in [-0.15, -0.1) is 28.5 Å². The number of hydrogen-bond donors (Lipinski definition) is 1. The fourth-order valence-electron chi connectivity index (χ4n) is 2.46. The first-order valence-corrected chi connectivity index (χ1v) is 10.8. The second kappa shape index (κ2) is 10.7. The van der Waals surface area contributed by atoms with Gasteiger partial charge in [0.25, 0.3) is 0 Å². The van der Waals surface area contributed by atoms with Gasteiger partial charge < -0.3 is 5.32 Å². The van der Waals surface area contributed by atoms with E-state index in [1.54, 1.807) is 30.2 Å². The van der Waals surface area contributed by atoms with Crippen LogP contribution in [0.25, 0.3) is 11.4 Å². The number of carbonyl (C=O) groups excluding carboxylic acids is 1. The van der Waals surface area contributed by atoms with Gasteiger partial charge in [-0.25, -0.2) is 0 Å². The molecule has 144 valence electrons. The Morgan fingerprint density at radius 3 is 2.64 bits per heavy atom. The summed E-state index contributed by atoms with van der Waals surface area (Å²) in [6, 6.07) is 13.9. The molecule has 0 saturated carbocycles. The van der Waals surface area contributed by atoms with Crippen molar-refractivity contribution in [3.05, 3.63) is 67.5 Å². The highest BCUT2D eigenvalue weighted by molar-refractivity contribution is 7.99. The van der Waals surface area contributed by atoms with Crippen molar-refractivity contribution < 1.29 is 4.79 Å². The summed E-state index contributed by atoms with van der Waals surface area (Å²) in [5, 5.41) is 12.2. The van der Waals surface area contributed by atoms with Gasteiger partial charge in [-0.3, -0.25) is 14.3 Å². The van der Waals surface area contributed by atoms with Crippen LogP contribution in [-0.2, 0) is 11.3 Å². The van der Waals surface area contributed by atoms with E-state index in [1.165, 1.54) is 16.7 Å². The fraction of sp³-hybridized carbons (Fsp3) is 0.200. The van der Waals surface area contributed by atoms with E-state index in [0.29, 0.717) is 24.0 Å². The van der Waals surface area contributed by atoms with Crippen molar-refractivity contribution >= 4 is 29.4 Å². The Balaban J connectivity index is 1.50. The molecule has 1 aromatic carbocycles. The molecular formula is C20H21N5OS2. The molecule has 1 amide bonds. The van der Waals surface area contributed by atoms with Crippen LogP contribution in [0, 0.1) is 0 Å². The maximum Gasteiger partial charge on any atom is 0.230 e. The fourth-order valence-corrected chi connectivity index (χ4v) is 4.03. The van der Waals surface area contributed by atoms with Crippen LogP contribution >= 0.6 is 23.5 Å². The Hall–Kier alpha value is -2.58. The highest BCUT2D eigenvalue weighted by Crippen LogP contribution is 2.23. The summed E-state index contributed by atoms with van der Waals surface area (Å²) in [7, 11) is 0. The molecule has 8 heteroatoms. The molecule has 0 unspecified atom stereocenters. The maximum absolute atomic E-state index is 12.1. The quantitative estimate of drug-likeness (QED) is 0.313. The van der Waals surface area contributed by atoms with Gasteiger partial charge in [0.05, 0.1) is 5.75 Å². The van der Waals surface area contributed by atoms with E-state index in [-0.39, 0.29) is 5.91 Å². The van der Waals surface area contributed by atoms with Crippen molar-refractivity contribution in [2.24, 2.45) is 0 Å². The average molecular weight is 412 g/mol. The molecule has 0 aliphatic heterocycles. The summed E-state index contributed by atoms with van der Waals surface area (Å²) in [4.78, 5) is 17.4.